The van der Waals surface area contributed by atoms with Gasteiger partial charge in [-0.3, -0.25) is 4.18 Å². The summed E-state index contributed by atoms with van der Waals surface area (Å²) in [4.78, 5) is 2.03. The van der Waals surface area contributed by atoms with Crippen molar-refractivity contribution >= 4 is 17.2 Å². The van der Waals surface area contributed by atoms with Gasteiger partial charge in [-0.05, 0) is 38.3 Å². The van der Waals surface area contributed by atoms with Gasteiger partial charge < -0.3 is 9.83 Å². The van der Waals surface area contributed by atoms with Crippen LogP contribution in [0.3, 0.4) is 0 Å². The molecule has 1 aromatic rings. The van der Waals surface area contributed by atoms with E-state index in [-0.39, 0.29) is 17.5 Å². The second-order valence-corrected chi connectivity index (χ2v) is 6.33. The maximum absolute atomic E-state index is 12.0. The summed E-state index contributed by atoms with van der Waals surface area (Å²) in [5.41, 5.74) is 0. The smallest absolute Gasteiger partial charge is 0.376 e. The highest BCUT2D eigenvalue weighted by Gasteiger charge is 2.31. The van der Waals surface area contributed by atoms with E-state index in [1.54, 1.807) is 25.0 Å². The second kappa shape index (κ2) is 6.05. The van der Waals surface area contributed by atoms with Crippen LogP contribution in [0.5, 0.6) is 0 Å². The number of rotatable bonds is 5. The van der Waals surface area contributed by atoms with Crippen LogP contribution in [-0.4, -0.2) is 44.5 Å². The zero-order valence-electron chi connectivity index (χ0n) is 10.9. The van der Waals surface area contributed by atoms with Crippen molar-refractivity contribution in [3.8, 4) is 0 Å². The molecule has 0 amide bonds. The molecule has 7 heteroatoms. The van der Waals surface area contributed by atoms with Crippen molar-refractivity contribution in [2.24, 2.45) is 0 Å². The number of benzene rings is 1. The molecule has 104 valence electrons. The molecule has 1 atom stereocenters. The first-order valence-corrected chi connectivity index (χ1v) is 7.80. The highest BCUT2D eigenvalue weighted by Crippen LogP contribution is 2.20. The standard InChI is InChI=1S/C12H18BNO4S/c1-13(15)14-9-5-6-11(14)10-18-19(16,17)12-7-3-2-4-8-12/h2-4,7-8,11,15H,5-6,9-10H2,1H3/t11-/m0/s1. The van der Waals surface area contributed by atoms with E-state index in [1.165, 1.54) is 12.1 Å². The SMILES string of the molecule is CB(O)N1CCC[C@H]1COS(=O)(=O)c1ccccc1. The average molecular weight is 283 g/mol. The van der Waals surface area contributed by atoms with Gasteiger partial charge in [0, 0.05) is 6.04 Å². The van der Waals surface area contributed by atoms with E-state index in [1.807, 2.05) is 4.81 Å². The summed E-state index contributed by atoms with van der Waals surface area (Å²) in [6, 6.07) is 8.05. The van der Waals surface area contributed by atoms with Crippen LogP contribution < -0.4 is 0 Å². The third kappa shape index (κ3) is 3.57. The lowest BCUT2D eigenvalue weighted by Gasteiger charge is -2.24. The van der Waals surface area contributed by atoms with Gasteiger partial charge >= 0.3 is 7.05 Å². The Kier molecular flexibility index (Phi) is 4.62. The van der Waals surface area contributed by atoms with E-state index in [9.17, 15) is 13.4 Å². The first-order chi connectivity index (χ1) is 9.00. The molecular weight excluding hydrogens is 265 g/mol. The van der Waals surface area contributed by atoms with Crippen LogP contribution in [0.4, 0.5) is 0 Å². The molecule has 0 spiro atoms. The van der Waals surface area contributed by atoms with E-state index in [4.69, 9.17) is 4.18 Å². The monoisotopic (exact) mass is 283 g/mol. The topological polar surface area (TPSA) is 66.8 Å². The highest BCUT2D eigenvalue weighted by molar-refractivity contribution is 7.86. The Labute approximate surface area is 114 Å². The van der Waals surface area contributed by atoms with Crippen LogP contribution in [0.1, 0.15) is 12.8 Å². The predicted molar refractivity (Wildman–Crippen MR) is 73.1 cm³/mol. The van der Waals surface area contributed by atoms with Gasteiger partial charge in [-0.2, -0.15) is 8.42 Å². The van der Waals surface area contributed by atoms with Crippen molar-refractivity contribution in [2.75, 3.05) is 13.2 Å². The molecule has 1 heterocycles. The minimum atomic E-state index is -3.71. The fraction of sp³-hybridized carbons (Fsp3) is 0.500. The Morgan fingerprint density at radius 2 is 2.11 bits per heavy atom. The van der Waals surface area contributed by atoms with Crippen LogP contribution in [0, 0.1) is 0 Å². The van der Waals surface area contributed by atoms with Gasteiger partial charge in [0.15, 0.2) is 0 Å². The minimum absolute atomic E-state index is 0.0431. The van der Waals surface area contributed by atoms with Crippen LogP contribution in [0.2, 0.25) is 6.82 Å². The molecule has 0 aliphatic carbocycles. The molecule has 2 rings (SSSR count). The van der Waals surface area contributed by atoms with E-state index >= 15 is 0 Å². The maximum Gasteiger partial charge on any atom is 0.376 e. The van der Waals surface area contributed by atoms with Crippen molar-refractivity contribution in [1.82, 2.24) is 4.81 Å². The third-order valence-electron chi connectivity index (χ3n) is 3.35. The highest BCUT2D eigenvalue weighted by atomic mass is 32.2. The Morgan fingerprint density at radius 1 is 1.42 bits per heavy atom. The molecule has 0 aromatic heterocycles. The first kappa shape index (κ1) is 14.5. The Balaban J connectivity index is 1.99. The predicted octanol–water partition coefficient (Wildman–Crippen LogP) is 0.967. The van der Waals surface area contributed by atoms with Gasteiger partial charge in [-0.15, -0.1) is 0 Å². The fourth-order valence-corrected chi connectivity index (χ4v) is 3.31. The van der Waals surface area contributed by atoms with Crippen molar-refractivity contribution in [2.45, 2.75) is 30.6 Å². The molecule has 0 radical (unpaired) electrons. The second-order valence-electron chi connectivity index (χ2n) is 4.72. The van der Waals surface area contributed by atoms with Crippen molar-refractivity contribution < 1.29 is 17.6 Å². The third-order valence-corrected chi connectivity index (χ3v) is 4.65. The number of hydrogen-bond acceptors (Lipinski definition) is 5. The van der Waals surface area contributed by atoms with Gasteiger partial charge in [-0.25, -0.2) is 0 Å². The lowest BCUT2D eigenvalue weighted by Crippen LogP contribution is -2.43. The summed E-state index contributed by atoms with van der Waals surface area (Å²) in [7, 11) is -4.28. The summed E-state index contributed by atoms with van der Waals surface area (Å²) in [5.74, 6) is 0. The molecule has 0 bridgehead atoms. The molecule has 0 unspecified atom stereocenters. The summed E-state index contributed by atoms with van der Waals surface area (Å²) < 4.78 is 29.0. The molecule has 19 heavy (non-hydrogen) atoms. The molecule has 1 aliphatic rings. The van der Waals surface area contributed by atoms with E-state index in [0.29, 0.717) is 0 Å². The minimum Gasteiger partial charge on any atom is -0.437 e. The van der Waals surface area contributed by atoms with Crippen molar-refractivity contribution in [3.63, 3.8) is 0 Å². The zero-order valence-corrected chi connectivity index (χ0v) is 11.7. The van der Waals surface area contributed by atoms with Gasteiger partial charge in [0.2, 0.25) is 0 Å². The Bertz CT molecular complexity index is 506. The van der Waals surface area contributed by atoms with Crippen LogP contribution in [-0.2, 0) is 14.3 Å². The van der Waals surface area contributed by atoms with Crippen molar-refractivity contribution in [1.29, 1.82) is 0 Å². The lowest BCUT2D eigenvalue weighted by molar-refractivity contribution is 0.224. The first-order valence-electron chi connectivity index (χ1n) is 6.39. The van der Waals surface area contributed by atoms with E-state index < -0.39 is 17.2 Å². The van der Waals surface area contributed by atoms with Gasteiger partial charge in [0.25, 0.3) is 10.1 Å². The van der Waals surface area contributed by atoms with E-state index in [2.05, 4.69) is 0 Å². The maximum atomic E-state index is 12.0. The number of hydrogen-bond donors (Lipinski definition) is 1. The van der Waals surface area contributed by atoms with Gasteiger partial charge in [0.05, 0.1) is 11.5 Å². The van der Waals surface area contributed by atoms with Crippen molar-refractivity contribution in [3.05, 3.63) is 30.3 Å². The molecule has 1 aromatic carbocycles. The summed E-state index contributed by atoms with van der Waals surface area (Å²) in [6.45, 7) is 2.54. The Hall–Kier alpha value is -0.885. The van der Waals surface area contributed by atoms with E-state index in [0.717, 1.165) is 19.4 Å². The molecule has 1 saturated heterocycles. The molecular formula is C12H18BNO4S. The molecule has 5 nitrogen and oxygen atoms in total. The average Bonchev–Trinajstić information content (AvgIpc) is 2.86. The molecule has 1 fully saturated rings. The van der Waals surface area contributed by atoms with Crippen LogP contribution in [0.25, 0.3) is 0 Å². The largest absolute Gasteiger partial charge is 0.437 e. The quantitative estimate of drug-likeness (QED) is 0.644. The molecule has 1 N–H and O–H groups in total. The summed E-state index contributed by atoms with van der Waals surface area (Å²) in [6.07, 6.45) is 1.79. The van der Waals surface area contributed by atoms with Gasteiger partial charge in [-0.1, -0.05) is 18.2 Å². The van der Waals surface area contributed by atoms with Gasteiger partial charge in [0.1, 0.15) is 0 Å². The molecule has 0 saturated carbocycles. The zero-order chi connectivity index (χ0) is 13.9. The van der Waals surface area contributed by atoms with Crippen LogP contribution in [0.15, 0.2) is 35.2 Å². The number of nitrogens with zero attached hydrogens (tertiary/aromatic N) is 1. The normalized spacial score (nSPS) is 20.6. The lowest BCUT2D eigenvalue weighted by atomic mass is 9.84. The molecule has 1 aliphatic heterocycles. The fourth-order valence-electron chi connectivity index (χ4n) is 2.35. The Morgan fingerprint density at radius 3 is 2.74 bits per heavy atom. The summed E-state index contributed by atoms with van der Waals surface area (Å²) in [5, 5.41) is 9.59. The summed E-state index contributed by atoms with van der Waals surface area (Å²) >= 11 is 0. The van der Waals surface area contributed by atoms with Crippen LogP contribution >= 0.6 is 0 Å².